The Morgan fingerprint density at radius 1 is 1.17 bits per heavy atom. The molecule has 0 spiro atoms. The van der Waals surface area contributed by atoms with Crippen molar-refractivity contribution in [3.63, 3.8) is 0 Å². The van der Waals surface area contributed by atoms with Gasteiger partial charge in [-0.05, 0) is 64.0 Å². The second-order valence-electron chi connectivity index (χ2n) is 8.44. The van der Waals surface area contributed by atoms with Crippen LogP contribution < -0.4 is 4.74 Å². The molecule has 2 saturated heterocycles. The van der Waals surface area contributed by atoms with E-state index in [0.29, 0.717) is 19.9 Å². The number of carbonyl (C=O) groups is 1. The quantitative estimate of drug-likeness (QED) is 0.772. The molecule has 0 bridgehead atoms. The van der Waals surface area contributed by atoms with Gasteiger partial charge in [-0.25, -0.2) is 9.78 Å². The van der Waals surface area contributed by atoms with Crippen molar-refractivity contribution < 1.29 is 14.3 Å². The minimum absolute atomic E-state index is 0.121. The van der Waals surface area contributed by atoms with Gasteiger partial charge in [-0.1, -0.05) is 6.42 Å². The number of amides is 1. The highest BCUT2D eigenvalue weighted by molar-refractivity contribution is 5.79. The lowest BCUT2D eigenvalue weighted by Gasteiger charge is -2.28. The van der Waals surface area contributed by atoms with Gasteiger partial charge >= 0.3 is 6.03 Å². The zero-order chi connectivity index (χ0) is 20.3. The summed E-state index contributed by atoms with van der Waals surface area (Å²) in [5.74, 6) is 0.859. The maximum atomic E-state index is 12.8. The van der Waals surface area contributed by atoms with Crippen LogP contribution in [0.4, 0.5) is 4.79 Å². The van der Waals surface area contributed by atoms with Crippen molar-refractivity contribution in [1.29, 1.82) is 0 Å². The number of aromatic nitrogens is 2. The maximum absolute atomic E-state index is 12.8. The molecular formula is C22H30N4O3. The molecule has 2 aromatic rings. The third kappa shape index (κ3) is 4.62. The van der Waals surface area contributed by atoms with E-state index in [1.165, 1.54) is 36.9 Å². The molecule has 1 aromatic heterocycles. The van der Waals surface area contributed by atoms with Crippen molar-refractivity contribution in [3.05, 3.63) is 36.8 Å². The second kappa shape index (κ2) is 8.55. The zero-order valence-electron chi connectivity index (χ0n) is 17.3. The molecule has 7 nitrogen and oxygen atoms in total. The number of imidazole rings is 1. The van der Waals surface area contributed by atoms with E-state index in [0.717, 1.165) is 23.6 Å². The third-order valence-corrected chi connectivity index (χ3v) is 5.72. The minimum atomic E-state index is -0.311. The molecule has 0 aliphatic carbocycles. The molecule has 156 valence electrons. The molecule has 2 aliphatic rings. The summed E-state index contributed by atoms with van der Waals surface area (Å²) in [6.07, 6.45) is 7.28. The number of hydrogen-bond acceptors (Lipinski definition) is 5. The molecule has 4 rings (SSSR count). The van der Waals surface area contributed by atoms with Gasteiger partial charge in [0.1, 0.15) is 25.4 Å². The van der Waals surface area contributed by atoms with Crippen molar-refractivity contribution in [2.45, 2.75) is 38.6 Å². The van der Waals surface area contributed by atoms with Crippen molar-refractivity contribution >= 4 is 6.03 Å². The van der Waals surface area contributed by atoms with Crippen molar-refractivity contribution in [2.24, 2.45) is 0 Å². The van der Waals surface area contributed by atoms with Gasteiger partial charge in [0.05, 0.1) is 17.8 Å². The molecule has 1 amide bonds. The van der Waals surface area contributed by atoms with E-state index in [9.17, 15) is 4.79 Å². The van der Waals surface area contributed by atoms with Crippen LogP contribution in [0, 0.1) is 0 Å². The standard InChI is InChI=1S/C22H30N4O3/c1-22(2)15-28-17-26(22)21(27)25-14-20(23-16-25)18-6-8-19(9-7-18)29-13-12-24-10-4-3-5-11-24/h6-9,14,16H,3-5,10-13,15,17H2,1-2H3. The molecule has 0 radical (unpaired) electrons. The molecule has 7 heteroatoms. The van der Waals surface area contributed by atoms with Crippen LogP contribution >= 0.6 is 0 Å². The monoisotopic (exact) mass is 398 g/mol. The summed E-state index contributed by atoms with van der Waals surface area (Å²) in [6.45, 7) is 8.90. The van der Waals surface area contributed by atoms with Gasteiger partial charge in [0.2, 0.25) is 0 Å². The summed E-state index contributed by atoms with van der Waals surface area (Å²) in [5, 5.41) is 0. The first kappa shape index (κ1) is 19.9. The molecule has 0 N–H and O–H groups in total. The molecule has 29 heavy (non-hydrogen) atoms. The van der Waals surface area contributed by atoms with E-state index in [4.69, 9.17) is 9.47 Å². The highest BCUT2D eigenvalue weighted by Gasteiger charge is 2.37. The van der Waals surface area contributed by atoms with Crippen molar-refractivity contribution in [2.75, 3.05) is 39.6 Å². The number of hydrogen-bond donors (Lipinski definition) is 0. The third-order valence-electron chi connectivity index (χ3n) is 5.72. The van der Waals surface area contributed by atoms with E-state index >= 15 is 0 Å². The average Bonchev–Trinajstić information content (AvgIpc) is 3.35. The fourth-order valence-corrected chi connectivity index (χ4v) is 3.87. The number of benzene rings is 1. The Kier molecular flexibility index (Phi) is 5.87. The Balaban J connectivity index is 1.34. The lowest BCUT2D eigenvalue weighted by atomic mass is 10.1. The van der Waals surface area contributed by atoms with Crippen LogP contribution in [0.25, 0.3) is 11.3 Å². The number of likely N-dealkylation sites (tertiary alicyclic amines) is 1. The van der Waals surface area contributed by atoms with E-state index in [1.54, 1.807) is 17.4 Å². The van der Waals surface area contributed by atoms with E-state index in [-0.39, 0.29) is 11.6 Å². The smallest absolute Gasteiger partial charge is 0.331 e. The van der Waals surface area contributed by atoms with E-state index < -0.39 is 0 Å². The molecule has 0 atom stereocenters. The lowest BCUT2D eigenvalue weighted by molar-refractivity contribution is 0.140. The van der Waals surface area contributed by atoms with Crippen LogP contribution in [0.5, 0.6) is 5.75 Å². The van der Waals surface area contributed by atoms with E-state index in [1.807, 2.05) is 38.1 Å². The van der Waals surface area contributed by atoms with Crippen LogP contribution in [0.3, 0.4) is 0 Å². The average molecular weight is 399 g/mol. The fourth-order valence-electron chi connectivity index (χ4n) is 3.87. The molecule has 0 saturated carbocycles. The number of carbonyl (C=O) groups excluding carboxylic acids is 1. The first-order valence-corrected chi connectivity index (χ1v) is 10.4. The normalized spacial score (nSPS) is 19.4. The Labute approximate surface area is 172 Å². The fraction of sp³-hybridized carbons (Fsp3) is 0.545. The minimum Gasteiger partial charge on any atom is -0.492 e. The summed E-state index contributed by atoms with van der Waals surface area (Å²) in [4.78, 5) is 21.3. The summed E-state index contributed by atoms with van der Waals surface area (Å²) in [6, 6.07) is 7.77. The van der Waals surface area contributed by atoms with Gasteiger partial charge < -0.3 is 9.47 Å². The van der Waals surface area contributed by atoms with E-state index in [2.05, 4.69) is 9.88 Å². The molecule has 0 unspecified atom stereocenters. The van der Waals surface area contributed by atoms with Crippen molar-refractivity contribution in [3.8, 4) is 17.0 Å². The number of nitrogens with zero attached hydrogens (tertiary/aromatic N) is 4. The first-order valence-electron chi connectivity index (χ1n) is 10.4. The largest absolute Gasteiger partial charge is 0.492 e. The SMILES string of the molecule is CC1(C)COCN1C(=O)n1cnc(-c2ccc(OCCN3CCCCC3)cc2)c1. The zero-order valence-corrected chi connectivity index (χ0v) is 17.3. The topological polar surface area (TPSA) is 59.8 Å². The summed E-state index contributed by atoms with van der Waals surface area (Å²) in [5.41, 5.74) is 1.40. The Hall–Kier alpha value is -2.38. The highest BCUT2D eigenvalue weighted by atomic mass is 16.5. The van der Waals surface area contributed by atoms with Crippen molar-refractivity contribution in [1.82, 2.24) is 19.4 Å². The van der Waals surface area contributed by atoms with Crippen LogP contribution in [0.1, 0.15) is 33.1 Å². The summed E-state index contributed by atoms with van der Waals surface area (Å²) in [7, 11) is 0. The molecular weight excluding hydrogens is 368 g/mol. The Bertz CT molecular complexity index is 825. The van der Waals surface area contributed by atoms with Crippen LogP contribution in [0.15, 0.2) is 36.8 Å². The first-order chi connectivity index (χ1) is 14.0. The number of piperidine rings is 1. The number of ether oxygens (including phenoxy) is 2. The van der Waals surface area contributed by atoms with Crippen LogP contribution in [-0.4, -0.2) is 70.5 Å². The predicted molar refractivity (Wildman–Crippen MR) is 111 cm³/mol. The van der Waals surface area contributed by atoms with Gasteiger partial charge in [0.25, 0.3) is 0 Å². The second-order valence-corrected chi connectivity index (χ2v) is 8.44. The van der Waals surface area contributed by atoms with Gasteiger partial charge in [-0.15, -0.1) is 0 Å². The molecule has 2 fully saturated rings. The van der Waals surface area contributed by atoms with Gasteiger partial charge in [-0.3, -0.25) is 14.4 Å². The lowest BCUT2D eigenvalue weighted by Crippen LogP contribution is -2.45. The molecule has 3 heterocycles. The predicted octanol–water partition coefficient (Wildman–Crippen LogP) is 3.45. The maximum Gasteiger partial charge on any atom is 0.331 e. The molecule has 2 aliphatic heterocycles. The summed E-state index contributed by atoms with van der Waals surface area (Å²) >= 11 is 0. The highest BCUT2D eigenvalue weighted by Crippen LogP contribution is 2.24. The van der Waals surface area contributed by atoms with Crippen LogP contribution in [-0.2, 0) is 4.74 Å². The van der Waals surface area contributed by atoms with Gasteiger partial charge in [0.15, 0.2) is 0 Å². The Morgan fingerprint density at radius 2 is 1.93 bits per heavy atom. The molecule has 1 aromatic carbocycles. The summed E-state index contributed by atoms with van der Waals surface area (Å²) < 4.78 is 12.9. The van der Waals surface area contributed by atoms with Crippen LogP contribution in [0.2, 0.25) is 0 Å². The van der Waals surface area contributed by atoms with Gasteiger partial charge in [0, 0.05) is 18.3 Å². The Morgan fingerprint density at radius 3 is 2.62 bits per heavy atom. The van der Waals surface area contributed by atoms with Gasteiger partial charge in [-0.2, -0.15) is 0 Å². The number of rotatable bonds is 5.